The maximum atomic E-state index is 15.5. The average Bonchev–Trinajstić information content (AvgIpc) is 3.36. The maximum absolute atomic E-state index is 15.5. The van der Waals surface area contributed by atoms with Crippen molar-refractivity contribution >= 4 is 11.8 Å². The minimum atomic E-state index is -0.655. The number of nitrogens with one attached hydrogen (secondary N) is 1. The van der Waals surface area contributed by atoms with Gasteiger partial charge in [0.25, 0.3) is 5.56 Å². The van der Waals surface area contributed by atoms with Gasteiger partial charge in [-0.1, -0.05) is 18.2 Å². The second kappa shape index (κ2) is 12.2. The van der Waals surface area contributed by atoms with E-state index in [9.17, 15) is 13.6 Å². The van der Waals surface area contributed by atoms with Crippen molar-refractivity contribution in [3.05, 3.63) is 80.9 Å². The Labute approximate surface area is 230 Å². The molecule has 1 atom stereocenters. The van der Waals surface area contributed by atoms with E-state index in [1.165, 1.54) is 43.1 Å². The van der Waals surface area contributed by atoms with E-state index in [0.29, 0.717) is 28.5 Å². The fraction of sp³-hybridized carbons (Fsp3) is 0.414. The zero-order valence-electron chi connectivity index (χ0n) is 22.1. The van der Waals surface area contributed by atoms with Crippen LogP contribution in [0.15, 0.2) is 46.2 Å². The van der Waals surface area contributed by atoms with Gasteiger partial charge < -0.3 is 14.8 Å². The minimum absolute atomic E-state index is 0.0224. The minimum Gasteiger partial charge on any atom is -0.494 e. The van der Waals surface area contributed by atoms with Gasteiger partial charge >= 0.3 is 0 Å². The van der Waals surface area contributed by atoms with Crippen molar-refractivity contribution in [1.82, 2.24) is 14.8 Å². The summed E-state index contributed by atoms with van der Waals surface area (Å²) in [6.07, 6.45) is -0.0529. The highest BCUT2D eigenvalue weighted by Gasteiger charge is 2.32. The largest absolute Gasteiger partial charge is 0.494 e. The van der Waals surface area contributed by atoms with Crippen molar-refractivity contribution in [3.63, 3.8) is 0 Å². The van der Waals surface area contributed by atoms with Crippen LogP contribution in [0.2, 0.25) is 0 Å². The van der Waals surface area contributed by atoms with Crippen LogP contribution >= 0.6 is 11.8 Å². The first-order valence-corrected chi connectivity index (χ1v) is 14.1. The summed E-state index contributed by atoms with van der Waals surface area (Å²) in [5.74, 6) is -1.31. The van der Waals surface area contributed by atoms with Crippen molar-refractivity contribution in [2.75, 3.05) is 58.8 Å². The highest BCUT2D eigenvalue weighted by molar-refractivity contribution is 7.99. The summed E-state index contributed by atoms with van der Waals surface area (Å²) in [6, 6.07) is 8.24. The third-order valence-corrected chi connectivity index (χ3v) is 8.74. The molecule has 0 saturated carbocycles. The summed E-state index contributed by atoms with van der Waals surface area (Å²) in [5, 5.41) is 4.14. The summed E-state index contributed by atoms with van der Waals surface area (Å²) in [4.78, 5) is 16.3. The molecule has 1 saturated heterocycles. The van der Waals surface area contributed by atoms with Gasteiger partial charge in [0.1, 0.15) is 11.6 Å². The summed E-state index contributed by atoms with van der Waals surface area (Å²) in [6.45, 7) is 7.15. The highest BCUT2D eigenvalue weighted by atomic mass is 32.2. The lowest BCUT2D eigenvalue weighted by molar-refractivity contribution is 0.0384. The molecule has 6 nitrogen and oxygen atoms in total. The Morgan fingerprint density at radius 1 is 1.08 bits per heavy atom. The van der Waals surface area contributed by atoms with Crippen LogP contribution in [-0.4, -0.2) is 68.3 Å². The van der Waals surface area contributed by atoms with Gasteiger partial charge in [0.2, 0.25) is 0 Å². The van der Waals surface area contributed by atoms with E-state index in [1.807, 2.05) is 0 Å². The number of morpholine rings is 1. The number of nitrogens with zero attached hydrogens (tertiary/aromatic N) is 2. The topological polar surface area (TPSA) is 55.7 Å². The Morgan fingerprint density at radius 2 is 1.79 bits per heavy atom. The first-order chi connectivity index (χ1) is 18.9. The molecule has 1 N–H and O–H groups in total. The first kappa shape index (κ1) is 27.8. The summed E-state index contributed by atoms with van der Waals surface area (Å²) < 4.78 is 57.1. The average molecular weight is 560 g/mol. The van der Waals surface area contributed by atoms with E-state index < -0.39 is 17.5 Å². The van der Waals surface area contributed by atoms with Crippen LogP contribution in [0, 0.1) is 24.4 Å². The normalized spacial score (nSPS) is 17.4. The zero-order valence-corrected chi connectivity index (χ0v) is 22.9. The van der Waals surface area contributed by atoms with E-state index in [0.717, 1.165) is 39.4 Å². The van der Waals surface area contributed by atoms with Crippen LogP contribution in [0.1, 0.15) is 22.7 Å². The van der Waals surface area contributed by atoms with E-state index in [4.69, 9.17) is 9.47 Å². The molecular weight excluding hydrogens is 527 g/mol. The summed E-state index contributed by atoms with van der Waals surface area (Å²) in [5.41, 5.74) is 1.02. The molecule has 2 aromatic carbocycles. The van der Waals surface area contributed by atoms with Crippen LogP contribution in [0.3, 0.4) is 0 Å². The molecule has 2 aliphatic rings. The predicted octanol–water partition coefficient (Wildman–Crippen LogP) is 4.41. The Balaban J connectivity index is 1.53. The third kappa shape index (κ3) is 5.61. The molecule has 0 spiro atoms. The van der Waals surface area contributed by atoms with E-state index in [2.05, 4.69) is 10.2 Å². The number of pyridine rings is 1. The first-order valence-electron chi connectivity index (χ1n) is 13.1. The fourth-order valence-electron chi connectivity index (χ4n) is 5.31. The molecular formula is C29H32F3N3O3S. The number of rotatable bonds is 9. The molecule has 3 heterocycles. The predicted molar refractivity (Wildman–Crippen MR) is 146 cm³/mol. The number of benzene rings is 2. The number of hydrogen-bond acceptors (Lipinski definition) is 6. The third-order valence-electron chi connectivity index (χ3n) is 7.47. The molecule has 3 aromatic rings. The number of methoxy groups -OCH3 is 1. The number of ether oxygens (including phenoxy) is 2. The molecule has 0 radical (unpaired) electrons. The Kier molecular flexibility index (Phi) is 8.66. The second-order valence-electron chi connectivity index (χ2n) is 9.78. The fourth-order valence-corrected chi connectivity index (χ4v) is 6.70. The zero-order chi connectivity index (χ0) is 27.5. The number of fused-ring (bicyclic) bond motifs is 1. The summed E-state index contributed by atoms with van der Waals surface area (Å²) in [7, 11) is 1.37. The number of halogens is 3. The van der Waals surface area contributed by atoms with E-state index in [-0.39, 0.29) is 40.5 Å². The van der Waals surface area contributed by atoms with E-state index in [1.54, 1.807) is 23.6 Å². The quantitative estimate of drug-likeness (QED) is 0.392. The van der Waals surface area contributed by atoms with Crippen LogP contribution < -0.4 is 15.6 Å². The van der Waals surface area contributed by atoms with Gasteiger partial charge in [-0.3, -0.25) is 14.3 Å². The van der Waals surface area contributed by atoms with Crippen molar-refractivity contribution in [2.45, 2.75) is 24.4 Å². The van der Waals surface area contributed by atoms with Crippen LogP contribution in [0.5, 0.6) is 5.75 Å². The molecule has 39 heavy (non-hydrogen) atoms. The standard InChI is InChI=1S/C29H32F3N3O3S/c1-18-21(15-22-23(30)6-4-7-24(22)31)29-35(28(36)26(18)20-5-3-8-25(37-2)27(20)32)19(17-39-29)16-33-9-10-34-11-13-38-14-12-34/h3-8,19,33H,9-17H2,1-2H3. The molecule has 0 amide bonds. The second-order valence-corrected chi connectivity index (χ2v) is 10.8. The molecule has 1 unspecified atom stereocenters. The Hall–Kier alpha value is -2.79. The molecule has 10 heteroatoms. The lowest BCUT2D eigenvalue weighted by Gasteiger charge is -2.27. The molecule has 0 bridgehead atoms. The molecule has 2 aliphatic heterocycles. The van der Waals surface area contributed by atoms with Gasteiger partial charge in [-0.05, 0) is 36.2 Å². The molecule has 5 rings (SSSR count). The van der Waals surface area contributed by atoms with Crippen molar-refractivity contribution in [1.29, 1.82) is 0 Å². The molecule has 0 aliphatic carbocycles. The van der Waals surface area contributed by atoms with Crippen LogP contribution in [0.4, 0.5) is 13.2 Å². The number of hydrogen-bond donors (Lipinski definition) is 1. The van der Waals surface area contributed by atoms with E-state index >= 15 is 4.39 Å². The van der Waals surface area contributed by atoms with Crippen molar-refractivity contribution < 1.29 is 22.6 Å². The lowest BCUT2D eigenvalue weighted by Crippen LogP contribution is -2.41. The SMILES string of the molecule is COc1cccc(-c2c(C)c(Cc3c(F)cccc3F)c3n(c2=O)C(CNCCN2CCOCC2)CS3)c1F. The smallest absolute Gasteiger partial charge is 0.260 e. The molecule has 1 aromatic heterocycles. The Bertz CT molecular complexity index is 1390. The number of aromatic nitrogens is 1. The Morgan fingerprint density at radius 3 is 2.51 bits per heavy atom. The van der Waals surface area contributed by atoms with Gasteiger partial charge in [0.15, 0.2) is 11.6 Å². The van der Waals surface area contributed by atoms with Crippen LogP contribution in [0.25, 0.3) is 11.1 Å². The van der Waals surface area contributed by atoms with Gasteiger partial charge in [0.05, 0.1) is 37.0 Å². The van der Waals surface area contributed by atoms with Crippen molar-refractivity contribution in [2.24, 2.45) is 0 Å². The van der Waals surface area contributed by atoms with Crippen LogP contribution in [-0.2, 0) is 11.2 Å². The molecule has 208 valence electrons. The highest BCUT2D eigenvalue weighted by Crippen LogP contribution is 2.40. The summed E-state index contributed by atoms with van der Waals surface area (Å²) >= 11 is 1.50. The van der Waals surface area contributed by atoms with Gasteiger partial charge in [-0.15, -0.1) is 11.8 Å². The van der Waals surface area contributed by atoms with Gasteiger partial charge in [-0.2, -0.15) is 0 Å². The number of thioether (sulfide) groups is 1. The van der Waals surface area contributed by atoms with Crippen molar-refractivity contribution in [3.8, 4) is 16.9 Å². The lowest BCUT2D eigenvalue weighted by atomic mass is 9.94. The molecule has 1 fully saturated rings. The monoisotopic (exact) mass is 559 g/mol. The van der Waals surface area contributed by atoms with Gasteiger partial charge in [-0.25, -0.2) is 13.2 Å². The van der Waals surface area contributed by atoms with Gasteiger partial charge in [0, 0.05) is 56.0 Å². The maximum Gasteiger partial charge on any atom is 0.260 e.